The summed E-state index contributed by atoms with van der Waals surface area (Å²) in [5, 5.41) is 27.0. The van der Waals surface area contributed by atoms with Crippen LogP contribution in [0.15, 0.2) is 61.1 Å². The van der Waals surface area contributed by atoms with E-state index in [1.165, 1.54) is 19.2 Å². The van der Waals surface area contributed by atoms with E-state index < -0.39 is 6.09 Å². The molecule has 4 N–H and O–H groups in total. The number of nitrogens with one attached hydrogen (secondary N) is 3. The second-order valence-electron chi connectivity index (χ2n) is 12.5. The van der Waals surface area contributed by atoms with Gasteiger partial charge in [-0.1, -0.05) is 23.7 Å². The van der Waals surface area contributed by atoms with Gasteiger partial charge in [0.05, 0.1) is 23.6 Å². The molecule has 2 aliphatic heterocycles. The number of benzene rings is 2. The van der Waals surface area contributed by atoms with Crippen molar-refractivity contribution in [1.29, 1.82) is 0 Å². The number of imidazole rings is 1. The molecular formula is C33H36ClN9O3. The van der Waals surface area contributed by atoms with Gasteiger partial charge in [0, 0.05) is 28.9 Å². The summed E-state index contributed by atoms with van der Waals surface area (Å²) in [4.78, 5) is 35.8. The number of carbonyl (C=O) groups is 2. The molecule has 3 fully saturated rings. The van der Waals surface area contributed by atoms with Gasteiger partial charge >= 0.3 is 6.09 Å². The molecule has 4 aromatic rings. The minimum Gasteiger partial charge on any atom is -0.465 e. The van der Waals surface area contributed by atoms with Gasteiger partial charge in [-0.2, -0.15) is 4.68 Å². The van der Waals surface area contributed by atoms with Gasteiger partial charge in [0.25, 0.3) is 0 Å². The molecule has 0 bridgehead atoms. The number of amides is 2. The molecule has 1 saturated carbocycles. The zero-order chi connectivity index (χ0) is 31.6. The molecule has 7 rings (SSSR count). The van der Waals surface area contributed by atoms with E-state index >= 15 is 0 Å². The van der Waals surface area contributed by atoms with Crippen LogP contribution in [0.5, 0.6) is 0 Å². The maximum Gasteiger partial charge on any atom is 0.409 e. The van der Waals surface area contributed by atoms with Crippen molar-refractivity contribution >= 4 is 35.4 Å². The topological polar surface area (TPSA) is 154 Å². The van der Waals surface area contributed by atoms with E-state index in [1.807, 2.05) is 23.1 Å². The van der Waals surface area contributed by atoms with Gasteiger partial charge in [-0.3, -0.25) is 10.1 Å². The molecule has 46 heavy (non-hydrogen) atoms. The lowest BCUT2D eigenvalue weighted by Gasteiger charge is -2.47. The van der Waals surface area contributed by atoms with E-state index in [0.717, 1.165) is 60.7 Å². The molecule has 2 saturated heterocycles. The van der Waals surface area contributed by atoms with Crippen molar-refractivity contribution in [2.24, 2.45) is 23.7 Å². The van der Waals surface area contributed by atoms with Crippen molar-refractivity contribution in [3.05, 3.63) is 77.5 Å². The highest BCUT2D eigenvalue weighted by Crippen LogP contribution is 2.52. The maximum atomic E-state index is 14.3. The molecule has 2 aromatic carbocycles. The Morgan fingerprint density at radius 3 is 2.54 bits per heavy atom. The lowest BCUT2D eigenvalue weighted by molar-refractivity contribution is -0.134. The van der Waals surface area contributed by atoms with Crippen molar-refractivity contribution in [2.45, 2.75) is 38.1 Å². The van der Waals surface area contributed by atoms with E-state index in [4.69, 9.17) is 21.7 Å². The number of piperidine rings is 2. The first-order valence-corrected chi connectivity index (χ1v) is 16.2. The third-order valence-electron chi connectivity index (χ3n) is 9.62. The molecule has 0 spiro atoms. The Bertz CT molecular complexity index is 1710. The molecular weight excluding hydrogens is 606 g/mol. The van der Waals surface area contributed by atoms with Gasteiger partial charge in [-0.15, -0.1) is 5.10 Å². The Morgan fingerprint density at radius 1 is 1.02 bits per heavy atom. The number of nitrogens with zero attached hydrogens (tertiary/aromatic N) is 6. The van der Waals surface area contributed by atoms with Crippen LogP contribution in [0.4, 0.5) is 10.5 Å². The van der Waals surface area contributed by atoms with Crippen molar-refractivity contribution in [3.8, 4) is 16.9 Å². The Kier molecular flexibility index (Phi) is 8.55. The van der Waals surface area contributed by atoms with Crippen LogP contribution in [0.1, 0.15) is 49.5 Å². The van der Waals surface area contributed by atoms with Crippen molar-refractivity contribution < 1.29 is 14.7 Å². The molecule has 3 aliphatic rings. The Morgan fingerprint density at radius 2 is 1.83 bits per heavy atom. The largest absolute Gasteiger partial charge is 0.465 e. The first-order chi connectivity index (χ1) is 22.4. The number of tetrazole rings is 1. The summed E-state index contributed by atoms with van der Waals surface area (Å²) in [6.07, 6.45) is 11.3. The number of carboxylic acid groups (broad SMARTS) is 1. The molecule has 238 valence electrons. The summed E-state index contributed by atoms with van der Waals surface area (Å²) in [7, 11) is 0. The van der Waals surface area contributed by atoms with Crippen molar-refractivity contribution in [3.63, 3.8) is 0 Å². The summed E-state index contributed by atoms with van der Waals surface area (Å²) < 4.78 is 1.55. The fourth-order valence-corrected chi connectivity index (χ4v) is 7.43. The number of anilines is 1. The van der Waals surface area contributed by atoms with Crippen LogP contribution in [0.2, 0.25) is 5.02 Å². The fraction of sp³-hybridized carbons (Fsp3) is 0.394. The van der Waals surface area contributed by atoms with Crippen molar-refractivity contribution in [2.75, 3.05) is 25.0 Å². The number of H-pyrrole nitrogens is 1. The quantitative estimate of drug-likeness (QED) is 0.186. The van der Waals surface area contributed by atoms with E-state index in [1.54, 1.807) is 47.3 Å². The van der Waals surface area contributed by atoms with E-state index in [2.05, 4.69) is 31.1 Å². The third-order valence-corrected chi connectivity index (χ3v) is 9.86. The van der Waals surface area contributed by atoms with Gasteiger partial charge in [-0.25, -0.2) is 9.78 Å². The Balaban J connectivity index is 1.21. The molecule has 0 radical (unpaired) electrons. The highest BCUT2D eigenvalue weighted by molar-refractivity contribution is 6.30. The number of rotatable bonds is 8. The lowest BCUT2D eigenvalue weighted by atomic mass is 9.72. The summed E-state index contributed by atoms with van der Waals surface area (Å²) in [5.41, 5.74) is 3.65. The van der Waals surface area contributed by atoms with Crippen LogP contribution < -0.4 is 10.6 Å². The minimum atomic E-state index is -1.11. The standard InChI is InChI=1S/C33H36ClN9O3/c34-25-6-9-29(43-19-37-40-41-43)23(15-25)5-10-30(44)42-18-24(20-11-13-35-14-12-20)16-27(21-1-2-21)31(42)32-36-17-28(39-32)22-3-7-26(8-4-22)38-33(45)46/h3-10,15,17,19-21,24,27,31,35,38H,1-2,11-14,16,18H2,(H,36,39)(H,45,46)/t24-,27-,31-/m0/s1. The summed E-state index contributed by atoms with van der Waals surface area (Å²) in [5.74, 6) is 2.57. The number of aromatic nitrogens is 6. The Hall–Kier alpha value is -4.55. The number of hydrogen-bond acceptors (Lipinski definition) is 7. The summed E-state index contributed by atoms with van der Waals surface area (Å²) >= 11 is 6.36. The van der Waals surface area contributed by atoms with Gasteiger partial charge in [0.2, 0.25) is 5.91 Å². The summed E-state index contributed by atoms with van der Waals surface area (Å²) in [6.45, 7) is 2.70. The number of hydrogen-bond donors (Lipinski definition) is 4. The summed E-state index contributed by atoms with van der Waals surface area (Å²) in [6, 6.07) is 12.4. The SMILES string of the molecule is O=C(O)Nc1ccc(-c2cnc([C@@H]3[C@H](C4CC4)C[C@H](C4CCNCC4)CN3C(=O)C=Cc3cc(Cl)ccc3-n3cnnn3)[nH]2)cc1. The predicted octanol–water partition coefficient (Wildman–Crippen LogP) is 5.42. The highest BCUT2D eigenvalue weighted by atomic mass is 35.5. The number of likely N-dealkylation sites (tertiary alicyclic amines) is 1. The first-order valence-electron chi connectivity index (χ1n) is 15.8. The molecule has 4 heterocycles. The lowest BCUT2D eigenvalue weighted by Crippen LogP contribution is -2.49. The maximum absolute atomic E-state index is 14.3. The third kappa shape index (κ3) is 6.54. The van der Waals surface area contributed by atoms with Crippen molar-refractivity contribution in [1.82, 2.24) is 40.4 Å². The van der Waals surface area contributed by atoms with Crippen LogP contribution in [0.3, 0.4) is 0 Å². The number of aromatic amines is 1. The van der Waals surface area contributed by atoms with Crippen LogP contribution in [0.25, 0.3) is 23.0 Å². The molecule has 13 heteroatoms. The van der Waals surface area contributed by atoms with Gasteiger partial charge in [0.1, 0.15) is 12.2 Å². The van der Waals surface area contributed by atoms with E-state index in [0.29, 0.717) is 40.9 Å². The second-order valence-corrected chi connectivity index (χ2v) is 12.9. The molecule has 12 nitrogen and oxygen atoms in total. The fourth-order valence-electron chi connectivity index (χ4n) is 7.25. The zero-order valence-corrected chi connectivity index (χ0v) is 26.0. The zero-order valence-electron chi connectivity index (χ0n) is 25.2. The second kappa shape index (κ2) is 13.1. The molecule has 1 aliphatic carbocycles. The number of halogens is 1. The van der Waals surface area contributed by atoms with Crippen LogP contribution in [-0.2, 0) is 4.79 Å². The average Bonchev–Trinajstić information content (AvgIpc) is 3.54. The van der Waals surface area contributed by atoms with E-state index in [9.17, 15) is 9.59 Å². The molecule has 2 aromatic heterocycles. The van der Waals surface area contributed by atoms with Crippen LogP contribution in [-0.4, -0.2) is 71.8 Å². The van der Waals surface area contributed by atoms with Crippen LogP contribution >= 0.6 is 11.6 Å². The first kappa shape index (κ1) is 30.1. The van der Waals surface area contributed by atoms with E-state index in [-0.39, 0.29) is 11.9 Å². The predicted molar refractivity (Wildman–Crippen MR) is 173 cm³/mol. The smallest absolute Gasteiger partial charge is 0.409 e. The number of carbonyl (C=O) groups excluding carboxylic acids is 1. The average molecular weight is 642 g/mol. The van der Waals surface area contributed by atoms with Gasteiger partial charge in [-0.05, 0) is 121 Å². The van der Waals surface area contributed by atoms with Crippen LogP contribution in [0, 0.1) is 23.7 Å². The molecule has 2 amide bonds. The molecule has 3 atom stereocenters. The molecule has 0 unspecified atom stereocenters. The monoisotopic (exact) mass is 641 g/mol. The minimum absolute atomic E-state index is 0.0704. The normalized spacial score (nSPS) is 22.3. The highest BCUT2D eigenvalue weighted by Gasteiger charge is 2.48. The Labute approximate surface area is 271 Å². The van der Waals surface area contributed by atoms with Gasteiger partial charge in [0.15, 0.2) is 0 Å². The van der Waals surface area contributed by atoms with Gasteiger partial charge < -0.3 is 20.3 Å².